The maximum Gasteiger partial charge on any atom is 0.310 e. The molecule has 1 aromatic rings. The minimum absolute atomic E-state index is 0.165. The first-order chi connectivity index (χ1) is 11.9. The first-order valence-electron chi connectivity index (χ1n) is 8.77. The van der Waals surface area contributed by atoms with Crippen molar-refractivity contribution in [2.24, 2.45) is 23.7 Å². The lowest BCUT2D eigenvalue weighted by atomic mass is 9.79. The van der Waals surface area contributed by atoms with E-state index in [1.54, 1.807) is 12.1 Å². The van der Waals surface area contributed by atoms with Gasteiger partial charge >= 0.3 is 11.9 Å². The molecule has 0 radical (unpaired) electrons. The van der Waals surface area contributed by atoms with Gasteiger partial charge in [0.25, 0.3) is 0 Å². The summed E-state index contributed by atoms with van der Waals surface area (Å²) in [5.41, 5.74) is 2.67. The first kappa shape index (κ1) is 17.6. The maximum atomic E-state index is 12.5. The summed E-state index contributed by atoms with van der Waals surface area (Å²) in [5, 5.41) is 0. The monoisotopic (exact) mass is 344 g/mol. The molecule has 2 aliphatic carbocycles. The molecule has 5 heteroatoms. The number of hydrogen-bond acceptors (Lipinski definition) is 5. The molecular formula is C20H24O5. The summed E-state index contributed by atoms with van der Waals surface area (Å²) < 4.78 is 10.2. The van der Waals surface area contributed by atoms with Crippen molar-refractivity contribution in [2.75, 3.05) is 13.7 Å². The van der Waals surface area contributed by atoms with E-state index in [1.165, 1.54) is 7.11 Å². The van der Waals surface area contributed by atoms with Crippen molar-refractivity contribution in [3.8, 4) is 0 Å². The van der Waals surface area contributed by atoms with Crippen molar-refractivity contribution >= 4 is 17.7 Å². The fourth-order valence-electron chi connectivity index (χ4n) is 4.34. The van der Waals surface area contributed by atoms with E-state index in [0.717, 1.165) is 30.4 Å². The smallest absolute Gasteiger partial charge is 0.310 e. The van der Waals surface area contributed by atoms with Gasteiger partial charge in [-0.2, -0.15) is 0 Å². The molecule has 5 nitrogen and oxygen atoms in total. The number of carbonyl (C=O) groups is 3. The summed E-state index contributed by atoms with van der Waals surface area (Å²) in [6.07, 6.45) is 2.75. The molecule has 4 atom stereocenters. The summed E-state index contributed by atoms with van der Waals surface area (Å²) in [4.78, 5) is 36.9. The average molecular weight is 344 g/mol. The average Bonchev–Trinajstić information content (AvgIpc) is 3.22. The lowest BCUT2D eigenvalue weighted by Gasteiger charge is -2.27. The van der Waals surface area contributed by atoms with Crippen molar-refractivity contribution in [3.05, 3.63) is 34.9 Å². The quantitative estimate of drug-likeness (QED) is 0.607. The summed E-state index contributed by atoms with van der Waals surface area (Å²) in [5.74, 6) is -1.54. The molecule has 2 saturated carbocycles. The molecule has 0 aromatic heterocycles. The molecule has 3 rings (SSSR count). The van der Waals surface area contributed by atoms with Gasteiger partial charge in [0, 0.05) is 5.56 Å². The number of rotatable bonds is 5. The second-order valence-electron chi connectivity index (χ2n) is 7.24. The minimum Gasteiger partial charge on any atom is -0.469 e. The van der Waals surface area contributed by atoms with Gasteiger partial charge in [0.05, 0.1) is 18.9 Å². The Morgan fingerprint density at radius 2 is 1.64 bits per heavy atom. The van der Waals surface area contributed by atoms with Crippen LogP contribution >= 0.6 is 0 Å². The normalized spacial score (nSPS) is 27.2. The summed E-state index contributed by atoms with van der Waals surface area (Å²) >= 11 is 0. The Kier molecular flexibility index (Phi) is 4.93. The summed E-state index contributed by atoms with van der Waals surface area (Å²) in [7, 11) is 1.35. The second kappa shape index (κ2) is 6.98. The van der Waals surface area contributed by atoms with Gasteiger partial charge < -0.3 is 9.47 Å². The van der Waals surface area contributed by atoms with Crippen molar-refractivity contribution < 1.29 is 23.9 Å². The number of hydrogen-bond donors (Lipinski definition) is 0. The van der Waals surface area contributed by atoms with Gasteiger partial charge in [-0.3, -0.25) is 14.4 Å². The van der Waals surface area contributed by atoms with E-state index in [9.17, 15) is 14.4 Å². The van der Waals surface area contributed by atoms with E-state index in [2.05, 4.69) is 0 Å². The van der Waals surface area contributed by atoms with Gasteiger partial charge in [0.15, 0.2) is 12.4 Å². The fourth-order valence-corrected chi connectivity index (χ4v) is 4.34. The lowest BCUT2D eigenvalue weighted by molar-refractivity contribution is -0.161. The number of benzene rings is 1. The van der Waals surface area contributed by atoms with Gasteiger partial charge in [-0.15, -0.1) is 0 Å². The van der Waals surface area contributed by atoms with Gasteiger partial charge in [0.2, 0.25) is 0 Å². The van der Waals surface area contributed by atoms with Gasteiger partial charge in [-0.05, 0) is 62.1 Å². The molecule has 2 fully saturated rings. The number of Topliss-reactive ketones (excluding diaryl/α,β-unsaturated/α-hetero) is 1. The van der Waals surface area contributed by atoms with E-state index in [-0.39, 0.29) is 30.2 Å². The van der Waals surface area contributed by atoms with Crippen LogP contribution in [0.15, 0.2) is 18.2 Å². The van der Waals surface area contributed by atoms with Crippen LogP contribution in [0.4, 0.5) is 0 Å². The third-order valence-electron chi connectivity index (χ3n) is 5.84. The Labute approximate surface area is 147 Å². The van der Waals surface area contributed by atoms with E-state index >= 15 is 0 Å². The Bertz CT molecular complexity index is 708. The number of esters is 2. The third-order valence-corrected chi connectivity index (χ3v) is 5.84. The highest BCUT2D eigenvalue weighted by molar-refractivity contribution is 5.98. The highest BCUT2D eigenvalue weighted by Gasteiger charge is 2.55. The molecule has 0 aliphatic heterocycles. The topological polar surface area (TPSA) is 69.7 Å². The Balaban J connectivity index is 1.64. The largest absolute Gasteiger partial charge is 0.469 e. The van der Waals surface area contributed by atoms with Crippen LogP contribution in [-0.4, -0.2) is 31.4 Å². The highest BCUT2D eigenvalue weighted by Crippen LogP contribution is 2.53. The van der Waals surface area contributed by atoms with Crippen LogP contribution in [0.25, 0.3) is 0 Å². The first-order valence-corrected chi connectivity index (χ1v) is 8.77. The van der Waals surface area contributed by atoms with Crippen molar-refractivity contribution in [2.45, 2.75) is 33.1 Å². The zero-order valence-corrected chi connectivity index (χ0v) is 14.9. The van der Waals surface area contributed by atoms with Crippen LogP contribution in [0.1, 0.15) is 40.7 Å². The number of carbonyl (C=O) groups excluding carboxylic acids is 3. The molecule has 134 valence electrons. The lowest BCUT2D eigenvalue weighted by Crippen LogP contribution is -2.37. The molecule has 0 unspecified atom stereocenters. The predicted octanol–water partition coefficient (Wildman–Crippen LogP) is 2.86. The maximum absolute atomic E-state index is 12.5. The third kappa shape index (κ3) is 3.32. The molecule has 2 bridgehead atoms. The SMILES string of the molecule is COC(=O)[C@H]1[C@H]2CC[C@@H](C2)[C@H]1C(=O)OCC(=O)c1ccc(C)c(C)c1. The van der Waals surface area contributed by atoms with Crippen LogP contribution in [0.2, 0.25) is 0 Å². The molecule has 25 heavy (non-hydrogen) atoms. The van der Waals surface area contributed by atoms with Crippen molar-refractivity contribution in [3.63, 3.8) is 0 Å². The minimum atomic E-state index is -0.473. The number of aryl methyl sites for hydroxylation is 2. The van der Waals surface area contributed by atoms with E-state index in [4.69, 9.17) is 9.47 Å². The van der Waals surface area contributed by atoms with Crippen LogP contribution in [-0.2, 0) is 19.1 Å². The number of ether oxygens (including phenoxy) is 2. The number of ketones is 1. The Morgan fingerprint density at radius 1 is 1.00 bits per heavy atom. The molecular weight excluding hydrogens is 320 g/mol. The summed E-state index contributed by atoms with van der Waals surface area (Å²) in [6, 6.07) is 5.43. The summed E-state index contributed by atoms with van der Waals surface area (Å²) in [6.45, 7) is 3.63. The molecule has 0 spiro atoms. The molecule has 0 heterocycles. The van der Waals surface area contributed by atoms with Crippen molar-refractivity contribution in [1.29, 1.82) is 0 Å². The molecule has 0 saturated heterocycles. The van der Waals surface area contributed by atoms with Gasteiger partial charge in [-0.25, -0.2) is 0 Å². The zero-order valence-electron chi connectivity index (χ0n) is 14.9. The molecule has 0 amide bonds. The van der Waals surface area contributed by atoms with E-state index < -0.39 is 17.8 Å². The Morgan fingerprint density at radius 3 is 2.24 bits per heavy atom. The van der Waals surface area contributed by atoms with Crippen LogP contribution in [0.5, 0.6) is 0 Å². The van der Waals surface area contributed by atoms with Crippen molar-refractivity contribution in [1.82, 2.24) is 0 Å². The van der Waals surface area contributed by atoms with Gasteiger partial charge in [0.1, 0.15) is 0 Å². The number of fused-ring (bicyclic) bond motifs is 2. The Hall–Kier alpha value is -2.17. The van der Waals surface area contributed by atoms with Crippen LogP contribution < -0.4 is 0 Å². The highest BCUT2D eigenvalue weighted by atomic mass is 16.5. The van der Waals surface area contributed by atoms with E-state index in [1.807, 2.05) is 19.9 Å². The molecule has 0 N–H and O–H groups in total. The molecule has 1 aromatic carbocycles. The standard InChI is InChI=1S/C20H24O5/c1-11-4-5-13(8-12(11)2)16(21)10-25-20(23)18-15-7-6-14(9-15)17(18)19(22)24-3/h4-5,8,14-15,17-18H,6-7,9-10H2,1-3H3/t14-,15-,17-,18+/m0/s1. The van der Waals surface area contributed by atoms with E-state index in [0.29, 0.717) is 5.56 Å². The van der Waals surface area contributed by atoms with Crippen LogP contribution in [0.3, 0.4) is 0 Å². The fraction of sp³-hybridized carbons (Fsp3) is 0.550. The number of methoxy groups -OCH3 is 1. The zero-order chi connectivity index (χ0) is 18.1. The second-order valence-corrected chi connectivity index (χ2v) is 7.24. The molecule has 2 aliphatic rings. The van der Waals surface area contributed by atoms with Gasteiger partial charge in [-0.1, -0.05) is 12.1 Å². The predicted molar refractivity (Wildman–Crippen MR) is 91.0 cm³/mol. The van der Waals surface area contributed by atoms with Crippen LogP contribution in [0, 0.1) is 37.5 Å².